The first kappa shape index (κ1) is 20.9. The monoisotopic (exact) mass is 436 g/mol. The molecule has 3 heterocycles. The molecule has 4 aromatic rings. The molecule has 0 aliphatic rings. The Morgan fingerprint density at radius 2 is 2.06 bits per heavy atom. The zero-order valence-electron chi connectivity index (χ0n) is 17.7. The number of nitrogens with one attached hydrogen (secondary N) is 1. The van der Waals surface area contributed by atoms with E-state index in [-0.39, 0.29) is 4.88 Å². The fraction of sp³-hybridized carbons (Fsp3) is 0.261. The van der Waals surface area contributed by atoms with E-state index >= 15 is 0 Å². The highest BCUT2D eigenvalue weighted by molar-refractivity contribution is 7.17. The number of aryl methyl sites for hydroxylation is 2. The first-order valence-corrected chi connectivity index (χ1v) is 10.9. The number of nitrogens with zero attached hydrogens (tertiary/aromatic N) is 3. The maximum atomic E-state index is 11.5. The summed E-state index contributed by atoms with van der Waals surface area (Å²) in [6, 6.07) is 12.1. The number of ether oxygens (including phenoxy) is 1. The van der Waals surface area contributed by atoms with Crippen LogP contribution in [0.3, 0.4) is 0 Å². The quantitative estimate of drug-likeness (QED) is 0.405. The van der Waals surface area contributed by atoms with Crippen molar-refractivity contribution in [1.82, 2.24) is 14.5 Å². The first-order chi connectivity index (χ1) is 15.0. The minimum absolute atomic E-state index is 0.176. The summed E-state index contributed by atoms with van der Waals surface area (Å²) in [6.45, 7) is 7.98. The Hall–Kier alpha value is -3.39. The molecule has 31 heavy (non-hydrogen) atoms. The second-order valence-electron chi connectivity index (χ2n) is 7.20. The van der Waals surface area contributed by atoms with E-state index in [2.05, 4.69) is 58.0 Å². The molecule has 0 atom stereocenters. The van der Waals surface area contributed by atoms with Crippen LogP contribution in [0.2, 0.25) is 0 Å². The first-order valence-electron chi connectivity index (χ1n) is 10.1. The number of carboxylic acid groups (broad SMARTS) is 1. The maximum Gasteiger partial charge on any atom is 0.349 e. The van der Waals surface area contributed by atoms with Gasteiger partial charge in [-0.15, -0.1) is 11.3 Å². The molecular weight excluding hydrogens is 412 g/mol. The smallest absolute Gasteiger partial charge is 0.349 e. The van der Waals surface area contributed by atoms with Crippen molar-refractivity contribution in [2.24, 2.45) is 0 Å². The zero-order chi connectivity index (χ0) is 22.0. The number of carbonyl (C=O) groups is 1. The number of fused-ring (bicyclic) bond motifs is 1. The van der Waals surface area contributed by atoms with Crippen LogP contribution in [0, 0.1) is 13.8 Å². The van der Waals surface area contributed by atoms with Crippen LogP contribution in [0.5, 0.6) is 5.75 Å². The topological polar surface area (TPSA) is 89.3 Å². The summed E-state index contributed by atoms with van der Waals surface area (Å²) in [4.78, 5) is 21.0. The number of benzene rings is 1. The summed E-state index contributed by atoms with van der Waals surface area (Å²) in [5.74, 6) is 0.0589. The van der Waals surface area contributed by atoms with E-state index in [0.717, 1.165) is 22.8 Å². The fourth-order valence-electron chi connectivity index (χ4n) is 3.66. The lowest BCUT2D eigenvalue weighted by Crippen LogP contribution is -2.12. The summed E-state index contributed by atoms with van der Waals surface area (Å²) in [7, 11) is 0. The van der Waals surface area contributed by atoms with Crippen molar-refractivity contribution >= 4 is 34.0 Å². The average molecular weight is 437 g/mol. The van der Waals surface area contributed by atoms with Crippen molar-refractivity contribution in [3.8, 4) is 16.3 Å². The summed E-state index contributed by atoms with van der Waals surface area (Å²) < 4.78 is 7.76. The lowest BCUT2D eigenvalue weighted by Gasteiger charge is -2.10. The van der Waals surface area contributed by atoms with E-state index in [1.165, 1.54) is 28.5 Å². The summed E-state index contributed by atoms with van der Waals surface area (Å²) >= 11 is 1.15. The molecule has 0 radical (unpaired) electrons. The van der Waals surface area contributed by atoms with Crippen molar-refractivity contribution < 1.29 is 14.6 Å². The highest BCUT2D eigenvalue weighted by atomic mass is 32.1. The lowest BCUT2D eigenvalue weighted by atomic mass is 10.1. The molecule has 7 nitrogen and oxygen atoms in total. The number of aromatic carboxylic acids is 1. The minimum Gasteiger partial charge on any atom is -0.492 e. The van der Waals surface area contributed by atoms with Crippen LogP contribution in [0.25, 0.3) is 21.5 Å². The largest absolute Gasteiger partial charge is 0.492 e. The van der Waals surface area contributed by atoms with Crippen LogP contribution < -0.4 is 10.1 Å². The fourth-order valence-corrected chi connectivity index (χ4v) is 4.57. The summed E-state index contributed by atoms with van der Waals surface area (Å²) in [6.07, 6.45) is 1.48. The minimum atomic E-state index is -1.00. The van der Waals surface area contributed by atoms with Crippen LogP contribution in [0.15, 0.2) is 42.7 Å². The van der Waals surface area contributed by atoms with Gasteiger partial charge < -0.3 is 19.7 Å². The average Bonchev–Trinajstić information content (AvgIpc) is 3.31. The van der Waals surface area contributed by atoms with E-state index in [4.69, 9.17) is 4.74 Å². The van der Waals surface area contributed by atoms with E-state index in [1.54, 1.807) is 6.07 Å². The van der Waals surface area contributed by atoms with Crippen LogP contribution in [0.1, 0.15) is 27.9 Å². The number of thiophene rings is 1. The van der Waals surface area contributed by atoms with Crippen molar-refractivity contribution in [2.45, 2.75) is 27.3 Å². The molecule has 3 aromatic heterocycles. The normalized spacial score (nSPS) is 11.1. The predicted octanol–water partition coefficient (Wildman–Crippen LogP) is 4.99. The number of aromatic nitrogens is 3. The van der Waals surface area contributed by atoms with Gasteiger partial charge in [-0.25, -0.2) is 14.8 Å². The van der Waals surface area contributed by atoms with Gasteiger partial charge in [-0.3, -0.25) is 0 Å². The number of carboxylic acids is 1. The molecule has 0 saturated carbocycles. The van der Waals surface area contributed by atoms with E-state index < -0.39 is 5.97 Å². The molecule has 0 saturated heterocycles. The van der Waals surface area contributed by atoms with E-state index in [9.17, 15) is 9.90 Å². The van der Waals surface area contributed by atoms with Gasteiger partial charge in [-0.1, -0.05) is 12.1 Å². The van der Waals surface area contributed by atoms with Crippen molar-refractivity contribution in [2.75, 3.05) is 18.5 Å². The summed E-state index contributed by atoms with van der Waals surface area (Å²) in [5.41, 5.74) is 4.38. The SMILES string of the molecule is CCOc1cc(-c2cc(NCCn3c(C)cc4c(C)cccc43)ncn2)sc1C(=O)O. The molecular formula is C23H24N4O3S. The van der Waals surface area contributed by atoms with Gasteiger partial charge in [0.1, 0.15) is 17.9 Å². The standard InChI is InChI=1S/C23H24N4O3S/c1-4-30-19-12-20(31-22(19)23(28)29)17-11-21(26-13-25-17)24-8-9-27-15(3)10-16-14(2)6-5-7-18(16)27/h5-7,10-13H,4,8-9H2,1-3H3,(H,28,29)(H,24,25,26). The molecule has 160 valence electrons. The molecule has 2 N–H and O–H groups in total. The Labute approximate surface area is 184 Å². The molecule has 0 aliphatic carbocycles. The number of hydrogen-bond donors (Lipinski definition) is 2. The molecule has 8 heteroatoms. The second-order valence-corrected chi connectivity index (χ2v) is 8.25. The van der Waals surface area contributed by atoms with Gasteiger partial charge in [-0.05, 0) is 38.5 Å². The van der Waals surface area contributed by atoms with Crippen LogP contribution in [-0.2, 0) is 6.54 Å². The van der Waals surface area contributed by atoms with E-state index in [1.807, 2.05) is 13.0 Å². The van der Waals surface area contributed by atoms with Crippen molar-refractivity contribution in [3.63, 3.8) is 0 Å². The highest BCUT2D eigenvalue weighted by Crippen LogP contribution is 2.36. The second kappa shape index (κ2) is 8.77. The number of hydrogen-bond acceptors (Lipinski definition) is 6. The summed E-state index contributed by atoms with van der Waals surface area (Å²) in [5, 5.41) is 14.0. The van der Waals surface area contributed by atoms with Gasteiger partial charge >= 0.3 is 5.97 Å². The van der Waals surface area contributed by atoms with Crippen LogP contribution >= 0.6 is 11.3 Å². The Morgan fingerprint density at radius 1 is 1.23 bits per heavy atom. The predicted molar refractivity (Wildman–Crippen MR) is 123 cm³/mol. The lowest BCUT2D eigenvalue weighted by molar-refractivity contribution is 0.0698. The Bertz CT molecular complexity index is 1250. The third-order valence-corrected chi connectivity index (χ3v) is 6.25. The van der Waals surface area contributed by atoms with Gasteiger partial charge in [0.2, 0.25) is 0 Å². The Balaban J connectivity index is 1.50. The van der Waals surface area contributed by atoms with Gasteiger partial charge in [-0.2, -0.15) is 0 Å². The maximum absolute atomic E-state index is 11.5. The van der Waals surface area contributed by atoms with Gasteiger partial charge in [0.25, 0.3) is 0 Å². The molecule has 4 rings (SSSR count). The molecule has 0 amide bonds. The van der Waals surface area contributed by atoms with Gasteiger partial charge in [0.15, 0.2) is 4.88 Å². The molecule has 0 unspecified atom stereocenters. The Kier molecular flexibility index (Phi) is 5.90. The molecule has 1 aromatic carbocycles. The van der Waals surface area contributed by atoms with E-state index in [0.29, 0.717) is 30.4 Å². The molecule has 0 aliphatic heterocycles. The third-order valence-electron chi connectivity index (χ3n) is 5.12. The van der Waals surface area contributed by atoms with Gasteiger partial charge in [0, 0.05) is 41.8 Å². The highest BCUT2D eigenvalue weighted by Gasteiger charge is 2.18. The van der Waals surface area contributed by atoms with Crippen LogP contribution in [0.4, 0.5) is 5.82 Å². The number of rotatable bonds is 8. The molecule has 0 bridgehead atoms. The van der Waals surface area contributed by atoms with Crippen LogP contribution in [-0.4, -0.2) is 38.8 Å². The third kappa shape index (κ3) is 4.25. The zero-order valence-corrected chi connectivity index (χ0v) is 18.5. The Morgan fingerprint density at radius 3 is 2.84 bits per heavy atom. The van der Waals surface area contributed by atoms with Gasteiger partial charge in [0.05, 0.1) is 17.2 Å². The molecule has 0 spiro atoms. The molecule has 0 fully saturated rings. The number of anilines is 1. The van der Waals surface area contributed by atoms with Crippen molar-refractivity contribution in [1.29, 1.82) is 0 Å². The van der Waals surface area contributed by atoms with Crippen molar-refractivity contribution in [3.05, 3.63) is 58.9 Å².